The average molecular weight is 372 g/mol. The molecule has 2 N–H and O–H groups in total. The second-order valence-corrected chi connectivity index (χ2v) is 5.66. The molecular weight excluding hydrogens is 359 g/mol. The Bertz CT molecular complexity index is 915. The highest BCUT2D eigenvalue weighted by Gasteiger charge is 2.62. The van der Waals surface area contributed by atoms with E-state index in [4.69, 9.17) is 10.2 Å². The van der Waals surface area contributed by atoms with Crippen molar-refractivity contribution in [2.75, 3.05) is 5.73 Å². The van der Waals surface area contributed by atoms with Gasteiger partial charge in [0.05, 0.1) is 12.8 Å². The third-order valence-corrected chi connectivity index (χ3v) is 3.72. The normalized spacial score (nSPS) is 12.5. The molecule has 138 valence electrons. The van der Waals surface area contributed by atoms with Gasteiger partial charge in [-0.1, -0.05) is 12.1 Å². The Morgan fingerprint density at radius 2 is 1.88 bits per heavy atom. The van der Waals surface area contributed by atoms with Crippen molar-refractivity contribution in [1.29, 1.82) is 0 Å². The van der Waals surface area contributed by atoms with E-state index in [-0.39, 0.29) is 18.1 Å². The molecule has 3 rings (SSSR count). The summed E-state index contributed by atoms with van der Waals surface area (Å²) in [7, 11) is 0. The molecule has 0 aliphatic heterocycles. The fourth-order valence-electron chi connectivity index (χ4n) is 2.31. The van der Waals surface area contributed by atoms with Crippen molar-refractivity contribution >= 4 is 5.69 Å². The summed E-state index contributed by atoms with van der Waals surface area (Å²) in [6.45, 7) is 1.66. The van der Waals surface area contributed by atoms with Crippen LogP contribution in [0.5, 0.6) is 0 Å². The van der Waals surface area contributed by atoms with Gasteiger partial charge in [0.15, 0.2) is 11.6 Å². The topological polar surface area (TPSA) is 69.9 Å². The van der Waals surface area contributed by atoms with E-state index in [1.165, 1.54) is 18.4 Å². The number of nitrogens with zero attached hydrogens (tertiary/aromatic N) is 3. The molecule has 26 heavy (non-hydrogen) atoms. The minimum Gasteiger partial charge on any atom is -0.461 e. The summed E-state index contributed by atoms with van der Waals surface area (Å²) in [6.07, 6.45) is -4.55. The number of nitrogen functional groups attached to an aromatic ring is 1. The number of anilines is 1. The van der Waals surface area contributed by atoms with Crippen LogP contribution in [0.1, 0.15) is 17.0 Å². The first-order valence-corrected chi connectivity index (χ1v) is 7.38. The van der Waals surface area contributed by atoms with Crippen LogP contribution in [0.25, 0.3) is 11.6 Å². The van der Waals surface area contributed by atoms with Crippen LogP contribution in [0.15, 0.2) is 41.0 Å². The molecule has 2 heterocycles. The van der Waals surface area contributed by atoms with Crippen molar-refractivity contribution in [2.45, 2.75) is 25.6 Å². The van der Waals surface area contributed by atoms with Crippen molar-refractivity contribution in [3.63, 3.8) is 0 Å². The number of alkyl halides is 5. The first kappa shape index (κ1) is 17.9. The lowest BCUT2D eigenvalue weighted by Crippen LogP contribution is -2.35. The van der Waals surface area contributed by atoms with Crippen LogP contribution in [-0.4, -0.2) is 20.9 Å². The number of aromatic nitrogens is 3. The highest BCUT2D eigenvalue weighted by molar-refractivity contribution is 5.49. The number of halogens is 5. The fourth-order valence-corrected chi connectivity index (χ4v) is 2.31. The maximum Gasteiger partial charge on any atom is 0.461 e. The monoisotopic (exact) mass is 372 g/mol. The summed E-state index contributed by atoms with van der Waals surface area (Å²) in [6, 6.07) is 7.77. The third kappa shape index (κ3) is 3.14. The van der Waals surface area contributed by atoms with Gasteiger partial charge in [0.25, 0.3) is 0 Å². The lowest BCUT2D eigenvalue weighted by molar-refractivity contribution is -0.292. The first-order chi connectivity index (χ1) is 12.1. The van der Waals surface area contributed by atoms with Gasteiger partial charge in [-0.15, -0.1) is 5.10 Å². The van der Waals surface area contributed by atoms with Gasteiger partial charge in [-0.25, -0.2) is 9.67 Å². The third-order valence-electron chi connectivity index (χ3n) is 3.72. The van der Waals surface area contributed by atoms with Crippen LogP contribution in [-0.2, 0) is 12.5 Å². The number of hydrogen-bond acceptors (Lipinski definition) is 4. The van der Waals surface area contributed by atoms with Gasteiger partial charge in [0.2, 0.25) is 5.82 Å². The zero-order chi connectivity index (χ0) is 19.1. The lowest BCUT2D eigenvalue weighted by Gasteiger charge is -2.15. The van der Waals surface area contributed by atoms with Crippen molar-refractivity contribution in [3.8, 4) is 11.6 Å². The summed E-state index contributed by atoms with van der Waals surface area (Å²) in [5.74, 6) is -7.03. The second kappa shape index (κ2) is 6.11. The summed E-state index contributed by atoms with van der Waals surface area (Å²) < 4.78 is 71.3. The first-order valence-electron chi connectivity index (χ1n) is 7.38. The van der Waals surface area contributed by atoms with Gasteiger partial charge in [0, 0.05) is 5.69 Å². The molecule has 0 saturated heterocycles. The Kier molecular flexibility index (Phi) is 4.21. The molecule has 0 saturated carbocycles. The van der Waals surface area contributed by atoms with Gasteiger partial charge in [-0.2, -0.15) is 22.0 Å². The summed E-state index contributed by atoms with van der Waals surface area (Å²) in [4.78, 5) is 3.39. The number of hydrogen-bond donors (Lipinski definition) is 1. The molecule has 0 aliphatic carbocycles. The summed E-state index contributed by atoms with van der Waals surface area (Å²) in [5.41, 5.74) is 7.60. The Labute approximate surface area is 144 Å². The number of furan rings is 1. The Morgan fingerprint density at radius 3 is 2.46 bits per heavy atom. The minimum atomic E-state index is -5.81. The van der Waals surface area contributed by atoms with Crippen LogP contribution in [0.3, 0.4) is 0 Å². The van der Waals surface area contributed by atoms with Crippen molar-refractivity contribution in [3.05, 3.63) is 53.5 Å². The standard InChI is InChI=1S/C16H13F5N4O/c1-9-7-10(4-5-11(9)22)8-25-13(12-3-2-6-26-12)23-14(24-25)15(17,18)16(19,20)21/h2-7H,8,22H2,1H3. The van der Waals surface area contributed by atoms with Crippen LogP contribution in [0, 0.1) is 6.92 Å². The molecule has 1 aromatic carbocycles. The highest BCUT2D eigenvalue weighted by Crippen LogP contribution is 2.43. The Hall–Kier alpha value is -2.91. The quantitative estimate of drug-likeness (QED) is 0.552. The molecule has 0 bridgehead atoms. The van der Waals surface area contributed by atoms with E-state index in [0.29, 0.717) is 11.3 Å². The van der Waals surface area contributed by atoms with Gasteiger partial charge < -0.3 is 10.2 Å². The molecule has 0 unspecified atom stereocenters. The number of aryl methyl sites for hydroxylation is 1. The lowest BCUT2D eigenvalue weighted by atomic mass is 10.1. The summed E-state index contributed by atoms with van der Waals surface area (Å²) in [5, 5.41) is 3.40. The van der Waals surface area contributed by atoms with Crippen LogP contribution >= 0.6 is 0 Å². The maximum absolute atomic E-state index is 13.6. The molecule has 10 heteroatoms. The molecule has 5 nitrogen and oxygen atoms in total. The van der Waals surface area contributed by atoms with Crippen LogP contribution < -0.4 is 5.73 Å². The van der Waals surface area contributed by atoms with Crippen molar-refractivity contribution < 1.29 is 26.4 Å². The predicted octanol–water partition coefficient (Wildman–Crippen LogP) is 4.13. The maximum atomic E-state index is 13.6. The molecule has 0 fully saturated rings. The van der Waals surface area contributed by atoms with E-state index in [0.717, 1.165) is 10.2 Å². The van der Waals surface area contributed by atoms with Crippen molar-refractivity contribution in [1.82, 2.24) is 14.8 Å². The average Bonchev–Trinajstić information content (AvgIpc) is 3.19. The molecule has 3 aromatic rings. The molecule has 0 aliphatic rings. The molecule has 0 amide bonds. The number of benzene rings is 1. The molecule has 0 atom stereocenters. The molecular formula is C16H13F5N4O. The summed E-state index contributed by atoms with van der Waals surface area (Å²) >= 11 is 0. The molecule has 2 aromatic heterocycles. The molecule has 0 radical (unpaired) electrons. The van der Waals surface area contributed by atoms with Crippen LogP contribution in [0.2, 0.25) is 0 Å². The van der Waals surface area contributed by atoms with Crippen LogP contribution in [0.4, 0.5) is 27.6 Å². The van der Waals surface area contributed by atoms with Gasteiger partial charge >= 0.3 is 12.1 Å². The van der Waals surface area contributed by atoms with Gasteiger partial charge in [-0.05, 0) is 36.2 Å². The molecule has 0 spiro atoms. The van der Waals surface area contributed by atoms with E-state index in [9.17, 15) is 22.0 Å². The number of nitrogens with two attached hydrogens (primary N) is 1. The van der Waals surface area contributed by atoms with Crippen molar-refractivity contribution in [2.24, 2.45) is 0 Å². The zero-order valence-electron chi connectivity index (χ0n) is 13.4. The van der Waals surface area contributed by atoms with E-state index in [1.54, 1.807) is 25.1 Å². The Balaban J connectivity index is 2.07. The van der Waals surface area contributed by atoms with E-state index in [2.05, 4.69) is 10.1 Å². The smallest absolute Gasteiger partial charge is 0.461 e. The highest BCUT2D eigenvalue weighted by atomic mass is 19.4. The fraction of sp³-hybridized carbons (Fsp3) is 0.250. The number of rotatable bonds is 4. The predicted molar refractivity (Wildman–Crippen MR) is 82.4 cm³/mol. The van der Waals surface area contributed by atoms with Gasteiger partial charge in [-0.3, -0.25) is 0 Å². The van der Waals surface area contributed by atoms with E-state index < -0.39 is 17.9 Å². The minimum absolute atomic E-state index is 0.0221. The largest absolute Gasteiger partial charge is 0.461 e. The zero-order valence-corrected chi connectivity index (χ0v) is 13.4. The second-order valence-electron chi connectivity index (χ2n) is 5.66. The van der Waals surface area contributed by atoms with E-state index >= 15 is 0 Å². The van der Waals surface area contributed by atoms with Gasteiger partial charge in [0.1, 0.15) is 0 Å². The SMILES string of the molecule is Cc1cc(Cn2nc(C(F)(F)C(F)(F)F)nc2-c2ccco2)ccc1N. The Morgan fingerprint density at radius 1 is 1.15 bits per heavy atom. The van der Waals surface area contributed by atoms with E-state index in [1.807, 2.05) is 0 Å².